The first kappa shape index (κ1) is 20.4. The van der Waals surface area contributed by atoms with Gasteiger partial charge in [0.2, 0.25) is 11.8 Å². The Balaban J connectivity index is 1.30. The van der Waals surface area contributed by atoms with Gasteiger partial charge in [0.15, 0.2) is 0 Å². The number of para-hydroxylation sites is 1. The molecule has 0 radical (unpaired) electrons. The summed E-state index contributed by atoms with van der Waals surface area (Å²) in [4.78, 5) is 2.35. The lowest BCUT2D eigenvalue weighted by atomic mass is 10.1. The van der Waals surface area contributed by atoms with Gasteiger partial charge in [-0.2, -0.15) is 0 Å². The van der Waals surface area contributed by atoms with Gasteiger partial charge in [-0.3, -0.25) is 0 Å². The molecule has 34 heavy (non-hydrogen) atoms. The molecule has 1 fully saturated rings. The van der Waals surface area contributed by atoms with Crippen LogP contribution >= 0.6 is 0 Å². The van der Waals surface area contributed by atoms with Gasteiger partial charge in [-0.1, -0.05) is 78.9 Å². The SMILES string of the molecule is c1ccc(-c2nnc(-c3ccc(C4NNC(c5ccccc5)N4c4ccccc4)cc3)o2)cc1. The van der Waals surface area contributed by atoms with E-state index in [0.29, 0.717) is 11.8 Å². The second-order valence-electron chi connectivity index (χ2n) is 8.15. The van der Waals surface area contributed by atoms with Gasteiger partial charge in [-0.15, -0.1) is 10.2 Å². The largest absolute Gasteiger partial charge is 0.416 e. The number of anilines is 1. The fraction of sp³-hybridized carbons (Fsp3) is 0.0714. The average molecular weight is 446 g/mol. The van der Waals surface area contributed by atoms with E-state index in [1.165, 1.54) is 5.56 Å². The Bertz CT molecular complexity index is 1350. The molecule has 2 unspecified atom stereocenters. The molecule has 6 nitrogen and oxygen atoms in total. The van der Waals surface area contributed by atoms with E-state index >= 15 is 0 Å². The zero-order chi connectivity index (χ0) is 22.7. The minimum Gasteiger partial charge on any atom is -0.416 e. The molecule has 2 heterocycles. The summed E-state index contributed by atoms with van der Waals surface area (Å²) in [6.07, 6.45) is -0.0538. The third kappa shape index (κ3) is 3.85. The molecule has 0 aliphatic carbocycles. The topological polar surface area (TPSA) is 66.2 Å². The van der Waals surface area contributed by atoms with E-state index in [0.717, 1.165) is 22.4 Å². The van der Waals surface area contributed by atoms with Crippen LogP contribution in [0.3, 0.4) is 0 Å². The Morgan fingerprint density at radius 3 is 1.59 bits per heavy atom. The summed E-state index contributed by atoms with van der Waals surface area (Å²) in [5.74, 6) is 1.02. The molecule has 4 aromatic carbocycles. The van der Waals surface area contributed by atoms with Crippen molar-refractivity contribution in [3.8, 4) is 22.9 Å². The van der Waals surface area contributed by atoms with Gasteiger partial charge in [-0.25, -0.2) is 10.9 Å². The van der Waals surface area contributed by atoms with Gasteiger partial charge in [0.1, 0.15) is 12.3 Å². The molecular formula is C28H23N5O. The van der Waals surface area contributed by atoms with Gasteiger partial charge in [-0.05, 0) is 47.5 Å². The van der Waals surface area contributed by atoms with E-state index < -0.39 is 0 Å². The molecule has 1 saturated heterocycles. The average Bonchev–Trinajstić information content (AvgIpc) is 3.59. The second kappa shape index (κ2) is 8.94. The van der Waals surface area contributed by atoms with Crippen molar-refractivity contribution in [2.75, 3.05) is 4.90 Å². The molecule has 166 valence electrons. The molecule has 0 spiro atoms. The highest BCUT2D eigenvalue weighted by atomic mass is 16.4. The van der Waals surface area contributed by atoms with E-state index in [2.05, 4.69) is 86.6 Å². The summed E-state index contributed by atoms with van der Waals surface area (Å²) in [5.41, 5.74) is 12.2. The van der Waals surface area contributed by atoms with Crippen LogP contribution in [0.5, 0.6) is 0 Å². The predicted molar refractivity (Wildman–Crippen MR) is 132 cm³/mol. The molecule has 2 atom stereocenters. The maximum absolute atomic E-state index is 5.93. The van der Waals surface area contributed by atoms with Crippen molar-refractivity contribution < 1.29 is 4.42 Å². The lowest BCUT2D eigenvalue weighted by molar-refractivity contribution is 0.555. The van der Waals surface area contributed by atoms with E-state index in [4.69, 9.17) is 4.42 Å². The summed E-state index contributed by atoms with van der Waals surface area (Å²) < 4.78 is 5.93. The van der Waals surface area contributed by atoms with Crippen LogP contribution in [0.2, 0.25) is 0 Å². The van der Waals surface area contributed by atoms with E-state index in [-0.39, 0.29) is 12.3 Å². The number of benzene rings is 4. The molecular weight excluding hydrogens is 422 g/mol. The molecule has 6 heteroatoms. The van der Waals surface area contributed by atoms with E-state index in [1.54, 1.807) is 0 Å². The normalized spacial score (nSPS) is 17.7. The monoisotopic (exact) mass is 445 g/mol. The van der Waals surface area contributed by atoms with Crippen molar-refractivity contribution in [2.24, 2.45) is 0 Å². The molecule has 0 bridgehead atoms. The molecule has 1 aromatic heterocycles. The van der Waals surface area contributed by atoms with Crippen LogP contribution in [0.15, 0.2) is 120 Å². The lowest BCUT2D eigenvalue weighted by Crippen LogP contribution is -2.29. The van der Waals surface area contributed by atoms with Crippen molar-refractivity contribution in [2.45, 2.75) is 12.3 Å². The van der Waals surface area contributed by atoms with Crippen molar-refractivity contribution >= 4 is 5.69 Å². The number of nitrogens with one attached hydrogen (secondary N) is 2. The second-order valence-corrected chi connectivity index (χ2v) is 8.15. The van der Waals surface area contributed by atoms with Crippen molar-refractivity contribution in [1.82, 2.24) is 21.0 Å². The summed E-state index contributed by atoms with van der Waals surface area (Å²) in [7, 11) is 0. The minimum absolute atomic E-state index is 0.00218. The first-order chi connectivity index (χ1) is 16.9. The van der Waals surface area contributed by atoms with Crippen LogP contribution in [0, 0.1) is 0 Å². The molecule has 0 amide bonds. The molecule has 1 aliphatic heterocycles. The Morgan fingerprint density at radius 1 is 0.529 bits per heavy atom. The Morgan fingerprint density at radius 2 is 1.00 bits per heavy atom. The van der Waals surface area contributed by atoms with Crippen LogP contribution in [-0.4, -0.2) is 10.2 Å². The summed E-state index contributed by atoms with van der Waals surface area (Å²) in [6.45, 7) is 0. The number of aromatic nitrogens is 2. The Labute approximate surface area is 197 Å². The van der Waals surface area contributed by atoms with Gasteiger partial charge >= 0.3 is 0 Å². The zero-order valence-corrected chi connectivity index (χ0v) is 18.4. The highest BCUT2D eigenvalue weighted by molar-refractivity contribution is 5.59. The number of hydrogen-bond acceptors (Lipinski definition) is 6. The smallest absolute Gasteiger partial charge is 0.248 e. The number of rotatable bonds is 5. The third-order valence-electron chi connectivity index (χ3n) is 6.00. The van der Waals surface area contributed by atoms with Crippen molar-refractivity contribution in [1.29, 1.82) is 0 Å². The first-order valence-corrected chi connectivity index (χ1v) is 11.3. The van der Waals surface area contributed by atoms with E-state index in [9.17, 15) is 0 Å². The molecule has 6 rings (SSSR count). The van der Waals surface area contributed by atoms with Gasteiger partial charge < -0.3 is 9.32 Å². The van der Waals surface area contributed by atoms with Crippen LogP contribution in [0.4, 0.5) is 5.69 Å². The predicted octanol–water partition coefficient (Wildman–Crippen LogP) is 5.72. The standard InChI is InChI=1S/C28H23N5O/c1-4-10-20(11-5-1)25-29-30-26(33(25)24-14-8-3-9-15-24)21-16-18-23(19-17-21)28-32-31-27(34-28)22-12-6-2-7-13-22/h1-19,25-26,29-30H. The molecule has 0 saturated carbocycles. The maximum atomic E-state index is 5.93. The molecule has 5 aromatic rings. The van der Waals surface area contributed by atoms with Crippen LogP contribution in [0.25, 0.3) is 22.9 Å². The third-order valence-corrected chi connectivity index (χ3v) is 6.00. The number of nitrogens with zero attached hydrogens (tertiary/aromatic N) is 3. The van der Waals surface area contributed by atoms with Crippen LogP contribution in [0.1, 0.15) is 23.5 Å². The first-order valence-electron chi connectivity index (χ1n) is 11.3. The summed E-state index contributed by atoms with van der Waals surface area (Å²) >= 11 is 0. The van der Waals surface area contributed by atoms with Gasteiger partial charge in [0, 0.05) is 16.8 Å². The van der Waals surface area contributed by atoms with Crippen LogP contribution < -0.4 is 15.8 Å². The van der Waals surface area contributed by atoms with Crippen molar-refractivity contribution in [3.63, 3.8) is 0 Å². The Kier molecular flexibility index (Phi) is 5.35. The quantitative estimate of drug-likeness (QED) is 0.361. The molecule has 1 aliphatic rings. The lowest BCUT2D eigenvalue weighted by Gasteiger charge is -2.31. The fourth-order valence-electron chi connectivity index (χ4n) is 4.31. The van der Waals surface area contributed by atoms with Crippen molar-refractivity contribution in [3.05, 3.63) is 126 Å². The van der Waals surface area contributed by atoms with E-state index in [1.807, 2.05) is 54.6 Å². The summed E-state index contributed by atoms with van der Waals surface area (Å²) in [6, 6.07) is 38.9. The maximum Gasteiger partial charge on any atom is 0.248 e. The number of hydrazine groups is 1. The summed E-state index contributed by atoms with van der Waals surface area (Å²) in [5, 5.41) is 8.46. The molecule has 2 N–H and O–H groups in total. The number of hydrogen-bond donors (Lipinski definition) is 2. The van der Waals surface area contributed by atoms with Crippen LogP contribution in [-0.2, 0) is 0 Å². The highest BCUT2D eigenvalue weighted by Gasteiger charge is 2.35. The Hall–Kier alpha value is -4.26. The van der Waals surface area contributed by atoms with Gasteiger partial charge in [0.25, 0.3) is 0 Å². The highest BCUT2D eigenvalue weighted by Crippen LogP contribution is 2.37. The fourth-order valence-corrected chi connectivity index (χ4v) is 4.31. The zero-order valence-electron chi connectivity index (χ0n) is 18.4. The minimum atomic E-state index is -0.0516. The van der Waals surface area contributed by atoms with Gasteiger partial charge in [0.05, 0.1) is 0 Å².